The van der Waals surface area contributed by atoms with Gasteiger partial charge >= 0.3 is 0 Å². The van der Waals surface area contributed by atoms with Crippen LogP contribution in [0.2, 0.25) is 0 Å². The second-order valence-electron chi connectivity index (χ2n) is 12.9. The van der Waals surface area contributed by atoms with Gasteiger partial charge in [-0.15, -0.1) is 34.0 Å². The Morgan fingerprint density at radius 2 is 1.00 bits per heavy atom. The van der Waals surface area contributed by atoms with E-state index in [0.717, 1.165) is 44.0 Å². The van der Waals surface area contributed by atoms with Gasteiger partial charge in [0.15, 0.2) is 11.6 Å². The van der Waals surface area contributed by atoms with Gasteiger partial charge in [0.25, 0.3) is 0 Å². The number of para-hydroxylation sites is 2. The summed E-state index contributed by atoms with van der Waals surface area (Å²) in [5, 5.41) is 7.98. The summed E-state index contributed by atoms with van der Waals surface area (Å²) in [6.45, 7) is 0. The molecule has 5 aromatic carbocycles. The number of fused-ring (bicyclic) bond motifs is 7. The maximum absolute atomic E-state index is 5.22. The van der Waals surface area contributed by atoms with Crippen LogP contribution >= 0.6 is 34.0 Å². The van der Waals surface area contributed by atoms with Gasteiger partial charge in [0.05, 0.1) is 22.1 Å². The number of nitrogens with zero attached hydrogens (tertiary/aromatic N) is 5. The largest absolute Gasteiger partial charge is 0.301 e. The fourth-order valence-corrected chi connectivity index (χ4v) is 10.4. The molecule has 0 amide bonds. The van der Waals surface area contributed by atoms with E-state index in [2.05, 4.69) is 136 Å². The zero-order valence-electron chi connectivity index (χ0n) is 28.0. The van der Waals surface area contributed by atoms with Crippen molar-refractivity contribution in [3.63, 3.8) is 0 Å². The molecule has 11 aromatic rings. The fourth-order valence-electron chi connectivity index (χ4n) is 7.45. The molecule has 53 heavy (non-hydrogen) atoms. The van der Waals surface area contributed by atoms with Crippen LogP contribution in [-0.2, 0) is 0 Å². The Balaban J connectivity index is 1.18. The molecule has 0 aliphatic carbocycles. The Kier molecular flexibility index (Phi) is 7.01. The molecule has 0 bridgehead atoms. The first-order chi connectivity index (χ1) is 26.3. The molecule has 0 aliphatic rings. The monoisotopic (exact) mass is 733 g/mol. The highest BCUT2D eigenvalue weighted by Crippen LogP contribution is 2.45. The van der Waals surface area contributed by atoms with Crippen LogP contribution in [0.15, 0.2) is 163 Å². The Morgan fingerprint density at radius 3 is 1.70 bits per heavy atom. The fraction of sp³-hybridized carbons (Fsp3) is 0. The van der Waals surface area contributed by atoms with E-state index in [0.29, 0.717) is 17.6 Å². The highest BCUT2D eigenvalue weighted by Gasteiger charge is 2.23. The van der Waals surface area contributed by atoms with E-state index in [1.807, 2.05) is 59.1 Å². The SMILES string of the molecule is c1ccc(-c2nc(-c3ccccc3)nc(-n3c4ccccc4c4ccc5c(c6ccccc6n5-c5ccc(-c6ccc(-c7cccs7)s6)s5)c43)n2)cc1. The number of hydrogen-bond acceptors (Lipinski definition) is 6. The molecule has 0 saturated heterocycles. The summed E-state index contributed by atoms with van der Waals surface area (Å²) in [5.41, 5.74) is 6.32. The molecule has 6 heterocycles. The molecule has 0 N–H and O–H groups in total. The third-order valence-corrected chi connectivity index (χ3v) is 13.2. The van der Waals surface area contributed by atoms with Gasteiger partial charge in [0.1, 0.15) is 5.00 Å². The summed E-state index contributed by atoms with van der Waals surface area (Å²) < 4.78 is 4.67. The van der Waals surface area contributed by atoms with E-state index >= 15 is 0 Å². The van der Waals surface area contributed by atoms with Crippen LogP contribution in [0.5, 0.6) is 0 Å². The van der Waals surface area contributed by atoms with Gasteiger partial charge in [-0.1, -0.05) is 109 Å². The number of aromatic nitrogens is 5. The van der Waals surface area contributed by atoms with Crippen molar-refractivity contribution in [1.82, 2.24) is 24.1 Å². The summed E-state index contributed by atoms with van der Waals surface area (Å²) >= 11 is 5.47. The zero-order chi connectivity index (χ0) is 34.9. The summed E-state index contributed by atoms with van der Waals surface area (Å²) in [7, 11) is 0. The maximum atomic E-state index is 5.22. The zero-order valence-corrected chi connectivity index (χ0v) is 30.5. The van der Waals surface area contributed by atoms with E-state index in [4.69, 9.17) is 15.0 Å². The van der Waals surface area contributed by atoms with Gasteiger partial charge in [-0.05, 0) is 53.9 Å². The molecule has 0 fully saturated rings. The second-order valence-corrected chi connectivity index (χ2v) is 15.9. The minimum atomic E-state index is 0.589. The summed E-state index contributed by atoms with van der Waals surface area (Å²) in [6, 6.07) is 55.6. The molecule has 0 unspecified atom stereocenters. The van der Waals surface area contributed by atoms with Crippen molar-refractivity contribution in [3.05, 3.63) is 163 Å². The van der Waals surface area contributed by atoms with Crippen molar-refractivity contribution in [3.8, 4) is 53.2 Å². The van der Waals surface area contributed by atoms with Crippen LogP contribution in [0.25, 0.3) is 96.8 Å². The average Bonchev–Trinajstić information content (AvgIpc) is 4.07. The first kappa shape index (κ1) is 30.4. The average molecular weight is 734 g/mol. The highest BCUT2D eigenvalue weighted by atomic mass is 32.1. The molecule has 250 valence electrons. The van der Waals surface area contributed by atoms with E-state index < -0.39 is 0 Å². The summed E-state index contributed by atoms with van der Waals surface area (Å²) in [6.07, 6.45) is 0. The van der Waals surface area contributed by atoms with E-state index in [-0.39, 0.29) is 0 Å². The smallest absolute Gasteiger partial charge is 0.238 e. The van der Waals surface area contributed by atoms with Gasteiger partial charge in [-0.2, -0.15) is 9.97 Å². The lowest BCUT2D eigenvalue weighted by Gasteiger charge is -2.11. The number of thiophene rings is 3. The quantitative estimate of drug-likeness (QED) is 0.171. The summed E-state index contributed by atoms with van der Waals surface area (Å²) in [5.74, 6) is 1.86. The molecular formula is C45H27N5S3. The lowest BCUT2D eigenvalue weighted by molar-refractivity contribution is 0.955. The number of rotatable bonds is 6. The predicted octanol–water partition coefficient (Wildman–Crippen LogP) is 12.9. The lowest BCUT2D eigenvalue weighted by Crippen LogP contribution is -2.06. The normalized spacial score (nSPS) is 11.8. The third-order valence-electron chi connectivity index (χ3n) is 9.78. The van der Waals surface area contributed by atoms with Crippen molar-refractivity contribution in [1.29, 1.82) is 0 Å². The van der Waals surface area contributed by atoms with Crippen LogP contribution in [-0.4, -0.2) is 24.1 Å². The predicted molar refractivity (Wildman–Crippen MR) is 224 cm³/mol. The van der Waals surface area contributed by atoms with Crippen LogP contribution in [0, 0.1) is 0 Å². The number of hydrogen-bond donors (Lipinski definition) is 0. The van der Waals surface area contributed by atoms with Crippen molar-refractivity contribution < 1.29 is 0 Å². The van der Waals surface area contributed by atoms with E-state index in [1.165, 1.54) is 35.3 Å². The van der Waals surface area contributed by atoms with Crippen LogP contribution in [0.3, 0.4) is 0 Å². The first-order valence-corrected chi connectivity index (χ1v) is 19.9. The standard InChI is InChI=1S/C45H27N5S3/c1-3-12-28(13-4-1)43-46-44(29-14-5-2-6-15-29)48-45(47-43)50-33-18-9-7-16-30(33)31-21-22-35-41(42(31)50)32-17-8-10-19-34(32)49(35)40-26-25-39(53-40)38-24-23-37(52-38)36-20-11-27-51-36/h1-27H. The lowest BCUT2D eigenvalue weighted by atomic mass is 10.1. The molecular weight excluding hydrogens is 707 g/mol. The molecule has 0 atom stereocenters. The third kappa shape index (κ3) is 4.91. The molecule has 11 rings (SSSR count). The molecule has 6 aromatic heterocycles. The highest BCUT2D eigenvalue weighted by molar-refractivity contribution is 7.26. The molecule has 5 nitrogen and oxygen atoms in total. The molecule has 0 aliphatic heterocycles. The number of benzene rings is 5. The van der Waals surface area contributed by atoms with Gasteiger partial charge in [0, 0.05) is 52.2 Å². The van der Waals surface area contributed by atoms with Crippen molar-refractivity contribution >= 4 is 77.6 Å². The Labute approximate surface area is 316 Å². The Morgan fingerprint density at radius 1 is 0.396 bits per heavy atom. The van der Waals surface area contributed by atoms with Gasteiger partial charge in [0.2, 0.25) is 5.95 Å². The van der Waals surface area contributed by atoms with Gasteiger partial charge in [-0.25, -0.2) is 4.98 Å². The minimum Gasteiger partial charge on any atom is -0.301 e. The van der Waals surface area contributed by atoms with Gasteiger partial charge < -0.3 is 4.57 Å². The van der Waals surface area contributed by atoms with Crippen molar-refractivity contribution in [2.45, 2.75) is 0 Å². The van der Waals surface area contributed by atoms with Crippen LogP contribution < -0.4 is 0 Å². The van der Waals surface area contributed by atoms with E-state index in [9.17, 15) is 0 Å². The molecule has 0 saturated carbocycles. The van der Waals surface area contributed by atoms with Crippen molar-refractivity contribution in [2.24, 2.45) is 0 Å². The van der Waals surface area contributed by atoms with Crippen LogP contribution in [0.1, 0.15) is 0 Å². The Bertz CT molecular complexity index is 3060. The van der Waals surface area contributed by atoms with Crippen molar-refractivity contribution in [2.75, 3.05) is 0 Å². The second kappa shape index (κ2) is 12.2. The Hall–Kier alpha value is -6.19. The maximum Gasteiger partial charge on any atom is 0.238 e. The summed E-state index contributed by atoms with van der Waals surface area (Å²) in [4.78, 5) is 20.6. The van der Waals surface area contributed by atoms with Crippen LogP contribution in [0.4, 0.5) is 0 Å². The van der Waals surface area contributed by atoms with E-state index in [1.54, 1.807) is 11.3 Å². The molecule has 8 heteroatoms. The topological polar surface area (TPSA) is 48.5 Å². The molecule has 0 radical (unpaired) electrons. The molecule has 0 spiro atoms. The minimum absolute atomic E-state index is 0.589. The van der Waals surface area contributed by atoms with Gasteiger partial charge in [-0.3, -0.25) is 4.57 Å². The first-order valence-electron chi connectivity index (χ1n) is 17.4.